The van der Waals surface area contributed by atoms with E-state index in [1.54, 1.807) is 58.9 Å². The number of benzene rings is 1. The van der Waals surface area contributed by atoms with Gasteiger partial charge in [-0.3, -0.25) is 28.2 Å². The summed E-state index contributed by atoms with van der Waals surface area (Å²) in [5.41, 5.74) is -0.830. The van der Waals surface area contributed by atoms with Crippen LogP contribution < -0.4 is 5.32 Å². The molecular weight excluding hydrogens is 685 g/mol. The van der Waals surface area contributed by atoms with Gasteiger partial charge in [0.25, 0.3) is 0 Å². The number of phosphoric acid groups is 1. The number of ether oxygens (including phenoxy) is 2. The number of alkyl carbamates (subject to hydrolysis) is 1. The highest BCUT2D eigenvalue weighted by Gasteiger charge is 2.48. The van der Waals surface area contributed by atoms with E-state index >= 15 is 0 Å². The fourth-order valence-corrected chi connectivity index (χ4v) is 7.17. The van der Waals surface area contributed by atoms with Crippen LogP contribution in [-0.2, 0) is 58.2 Å². The third kappa shape index (κ3) is 15.3. The molecule has 1 N–H and O–H groups in total. The largest absolute Gasteiger partial charge is 0.478 e. The summed E-state index contributed by atoms with van der Waals surface area (Å²) < 4.78 is 39.4. The molecule has 0 radical (unpaired) electrons. The molecule has 3 atom stereocenters. The Morgan fingerprint density at radius 3 is 2.31 bits per heavy atom. The first kappa shape index (κ1) is 41.6. The van der Waals surface area contributed by atoms with Crippen LogP contribution in [0.5, 0.6) is 0 Å². The Morgan fingerprint density at radius 1 is 1.00 bits per heavy atom. The molecule has 1 aliphatic heterocycles. The summed E-state index contributed by atoms with van der Waals surface area (Å²) in [6.07, 6.45) is -0.955. The zero-order valence-electron chi connectivity index (χ0n) is 28.3. The van der Waals surface area contributed by atoms with Gasteiger partial charge in [0.05, 0.1) is 6.61 Å². The zero-order valence-corrected chi connectivity index (χ0v) is 30.8. The van der Waals surface area contributed by atoms with Gasteiger partial charge in [-0.1, -0.05) is 88.5 Å². The molecule has 48 heavy (non-hydrogen) atoms. The van der Waals surface area contributed by atoms with Crippen LogP contribution in [0.15, 0.2) is 30.3 Å². The Hall–Kier alpha value is -2.55. The number of Topliss-reactive ketones (excluding diaryl/α,β-unsaturated/α-hetero) is 2. The maximum absolute atomic E-state index is 13.2. The molecule has 0 bridgehead atoms. The van der Waals surface area contributed by atoms with Crippen molar-refractivity contribution < 1.29 is 56.4 Å². The minimum atomic E-state index is -4.34. The van der Waals surface area contributed by atoms with Crippen molar-refractivity contribution in [3.05, 3.63) is 35.9 Å². The standard InChI is InChI=1S/C32H46NO12PS2/c1-22(34)47-17-11-15-24(35)14-10-16-26(36)27-32(5,6)20-43-46(40,45-27)44-21-42-30(39)33-25(19-48-29(38)31(2,3)4)28(37)41-18-23-12-8-7-9-13-23/h7-9,12-13,25,27H,10-11,14-21H2,1-6H3,(H,33,39)/t25-,27-,46?/m0/s1. The maximum atomic E-state index is 13.2. The van der Waals surface area contributed by atoms with Crippen LogP contribution in [0, 0.1) is 10.8 Å². The molecule has 1 aliphatic rings. The van der Waals surface area contributed by atoms with E-state index in [9.17, 15) is 33.3 Å². The van der Waals surface area contributed by atoms with E-state index in [0.29, 0.717) is 18.6 Å². The smallest absolute Gasteiger partial charge is 0.459 e. The maximum Gasteiger partial charge on any atom is 0.478 e. The normalized spacial score (nSPS) is 19.5. The molecule has 1 heterocycles. The van der Waals surface area contributed by atoms with E-state index in [1.807, 2.05) is 6.07 Å². The molecule has 16 heteroatoms. The lowest BCUT2D eigenvalue weighted by molar-refractivity contribution is -0.146. The van der Waals surface area contributed by atoms with Crippen LogP contribution in [0.25, 0.3) is 0 Å². The average Bonchev–Trinajstić information content (AvgIpc) is 3.01. The fourth-order valence-electron chi connectivity index (χ4n) is 4.09. The summed E-state index contributed by atoms with van der Waals surface area (Å²) in [5, 5.41) is 2.14. The number of nitrogens with one attached hydrogen (secondary N) is 1. The Labute approximate surface area is 290 Å². The van der Waals surface area contributed by atoms with Crippen molar-refractivity contribution in [3.8, 4) is 0 Å². The van der Waals surface area contributed by atoms with Gasteiger partial charge in [-0.2, -0.15) is 0 Å². The van der Waals surface area contributed by atoms with Crippen molar-refractivity contribution in [2.75, 3.05) is 24.9 Å². The summed E-state index contributed by atoms with van der Waals surface area (Å²) in [6, 6.07) is 7.64. The van der Waals surface area contributed by atoms with Gasteiger partial charge in [0, 0.05) is 48.5 Å². The van der Waals surface area contributed by atoms with E-state index in [4.69, 9.17) is 23.0 Å². The highest BCUT2D eigenvalue weighted by atomic mass is 32.2. The number of hydrogen-bond acceptors (Lipinski definition) is 14. The number of thioether (sulfide) groups is 2. The first-order valence-corrected chi connectivity index (χ1v) is 18.9. The second-order valence-electron chi connectivity index (χ2n) is 12.8. The monoisotopic (exact) mass is 731 g/mol. The summed E-state index contributed by atoms with van der Waals surface area (Å²) in [5.74, 6) is -0.771. The Balaban J connectivity index is 1.89. The molecular formula is C32H46NO12PS2. The summed E-state index contributed by atoms with van der Waals surface area (Å²) >= 11 is 2.02. The lowest BCUT2D eigenvalue weighted by atomic mass is 9.84. The van der Waals surface area contributed by atoms with E-state index in [-0.39, 0.29) is 60.0 Å². The molecule has 1 unspecified atom stereocenters. The van der Waals surface area contributed by atoms with Crippen molar-refractivity contribution in [1.82, 2.24) is 5.32 Å². The lowest BCUT2D eigenvalue weighted by Gasteiger charge is -2.39. The first-order valence-electron chi connectivity index (χ1n) is 15.5. The number of phosphoric ester groups is 1. The molecule has 1 amide bonds. The van der Waals surface area contributed by atoms with Crippen LogP contribution in [0.1, 0.15) is 79.2 Å². The molecule has 0 saturated carbocycles. The van der Waals surface area contributed by atoms with Crippen molar-refractivity contribution in [2.45, 2.75) is 92.4 Å². The predicted octanol–water partition coefficient (Wildman–Crippen LogP) is 6.02. The fraction of sp³-hybridized carbons (Fsp3) is 0.625. The molecule has 1 aromatic rings. The second kappa shape index (κ2) is 19.6. The number of carbonyl (C=O) groups excluding carboxylic acids is 6. The van der Waals surface area contributed by atoms with Gasteiger partial charge in [-0.05, 0) is 18.4 Å². The molecule has 0 aromatic heterocycles. The Kier molecular flexibility index (Phi) is 17.0. The zero-order chi connectivity index (χ0) is 36.0. The number of carbonyl (C=O) groups is 6. The van der Waals surface area contributed by atoms with Crippen LogP contribution in [0.3, 0.4) is 0 Å². The number of hydrogen-bond donors (Lipinski definition) is 1. The number of rotatable bonds is 18. The van der Waals surface area contributed by atoms with E-state index in [2.05, 4.69) is 5.32 Å². The Bertz CT molecular complexity index is 1330. The number of esters is 1. The van der Waals surface area contributed by atoms with Gasteiger partial charge < -0.3 is 14.8 Å². The van der Waals surface area contributed by atoms with Gasteiger partial charge in [-0.25, -0.2) is 18.7 Å². The van der Waals surface area contributed by atoms with Gasteiger partial charge in [0.15, 0.2) is 16.0 Å². The average molecular weight is 732 g/mol. The summed E-state index contributed by atoms with van der Waals surface area (Å²) in [4.78, 5) is 74.1. The van der Waals surface area contributed by atoms with Crippen LogP contribution >= 0.6 is 31.3 Å². The van der Waals surface area contributed by atoms with Crippen LogP contribution in [0.2, 0.25) is 0 Å². The lowest BCUT2D eigenvalue weighted by Crippen LogP contribution is -2.45. The van der Waals surface area contributed by atoms with Gasteiger partial charge in [-0.15, -0.1) is 0 Å². The second-order valence-corrected chi connectivity index (χ2v) is 16.7. The van der Waals surface area contributed by atoms with Crippen LogP contribution in [0.4, 0.5) is 4.79 Å². The predicted molar refractivity (Wildman–Crippen MR) is 181 cm³/mol. The van der Waals surface area contributed by atoms with E-state index < -0.39 is 49.7 Å². The quantitative estimate of drug-likeness (QED) is 0.0802. The summed E-state index contributed by atoms with van der Waals surface area (Å²) in [7, 11) is -4.34. The van der Waals surface area contributed by atoms with Gasteiger partial charge in [0.1, 0.15) is 24.5 Å². The SMILES string of the molecule is CC(=O)SCCCC(=O)CCCC(=O)[C@@H]1OP(=O)(OCOC(=O)N[C@@H](CSC(=O)C(C)(C)C)C(=O)OCc2ccccc2)OCC1(C)C. The van der Waals surface area contributed by atoms with Crippen molar-refractivity contribution in [1.29, 1.82) is 0 Å². The molecule has 0 aliphatic carbocycles. The van der Waals surface area contributed by atoms with Crippen LogP contribution in [-0.4, -0.2) is 70.9 Å². The third-order valence-corrected chi connectivity index (χ3v) is 10.4. The summed E-state index contributed by atoms with van der Waals surface area (Å²) in [6.45, 7) is 8.92. The molecule has 1 fully saturated rings. The van der Waals surface area contributed by atoms with Crippen molar-refractivity contribution in [2.24, 2.45) is 10.8 Å². The minimum absolute atomic E-state index is 0.00156. The molecule has 1 aromatic carbocycles. The number of amides is 1. The Morgan fingerprint density at radius 2 is 1.67 bits per heavy atom. The van der Waals surface area contributed by atoms with Crippen molar-refractivity contribution in [3.63, 3.8) is 0 Å². The van der Waals surface area contributed by atoms with Gasteiger partial charge in [0.2, 0.25) is 6.79 Å². The third-order valence-electron chi connectivity index (χ3n) is 6.81. The highest BCUT2D eigenvalue weighted by molar-refractivity contribution is 8.13. The molecule has 268 valence electrons. The topological polar surface area (TPSA) is 178 Å². The highest BCUT2D eigenvalue weighted by Crippen LogP contribution is 2.57. The van der Waals surface area contributed by atoms with E-state index in [1.165, 1.54) is 6.92 Å². The number of ketones is 2. The van der Waals surface area contributed by atoms with E-state index in [0.717, 1.165) is 29.1 Å². The minimum Gasteiger partial charge on any atom is -0.459 e. The molecule has 13 nitrogen and oxygen atoms in total. The first-order chi connectivity index (χ1) is 22.4. The van der Waals surface area contributed by atoms with Crippen molar-refractivity contribution >= 4 is 65.2 Å². The molecule has 2 rings (SSSR count). The molecule has 0 spiro atoms. The van der Waals surface area contributed by atoms with Gasteiger partial charge >= 0.3 is 19.9 Å². The molecule has 1 saturated heterocycles.